The minimum atomic E-state index is -0.715. The summed E-state index contributed by atoms with van der Waals surface area (Å²) in [6.45, 7) is 5.78. The molecule has 0 radical (unpaired) electrons. The van der Waals surface area contributed by atoms with Crippen molar-refractivity contribution in [2.24, 2.45) is 5.92 Å². The van der Waals surface area contributed by atoms with Gasteiger partial charge in [0.1, 0.15) is 5.02 Å². The molecule has 1 fully saturated rings. The van der Waals surface area contributed by atoms with Crippen LogP contribution in [0, 0.1) is 12.8 Å². The SMILES string of the molecule is Cc1cc(NC2CC[C@@H](C(=O)O)C2)ccc1-c1noc(-c2cnc(OC(C)C)c(Cl)c2)n1. The molecule has 9 heteroatoms. The number of carboxylic acids is 1. The zero-order chi connectivity index (χ0) is 22.8. The molecule has 2 heterocycles. The van der Waals surface area contributed by atoms with E-state index in [1.54, 1.807) is 12.3 Å². The zero-order valence-corrected chi connectivity index (χ0v) is 18.9. The molecule has 1 saturated carbocycles. The van der Waals surface area contributed by atoms with Gasteiger partial charge in [0.05, 0.1) is 17.6 Å². The Labute approximate surface area is 191 Å². The van der Waals surface area contributed by atoms with Crippen LogP contribution in [0.2, 0.25) is 5.02 Å². The Morgan fingerprint density at radius 3 is 2.78 bits per heavy atom. The van der Waals surface area contributed by atoms with Crippen molar-refractivity contribution in [2.45, 2.75) is 52.2 Å². The molecule has 168 valence electrons. The Balaban J connectivity index is 1.48. The predicted octanol–water partition coefficient (Wildman–Crippen LogP) is 5.21. The summed E-state index contributed by atoms with van der Waals surface area (Å²) in [5.41, 5.74) is 3.38. The van der Waals surface area contributed by atoms with Crippen LogP contribution in [0.5, 0.6) is 5.88 Å². The van der Waals surface area contributed by atoms with Gasteiger partial charge in [-0.05, 0) is 69.9 Å². The second kappa shape index (κ2) is 9.16. The summed E-state index contributed by atoms with van der Waals surface area (Å²) in [5.74, 6) is 0.167. The van der Waals surface area contributed by atoms with Crippen molar-refractivity contribution in [2.75, 3.05) is 5.32 Å². The third-order valence-electron chi connectivity index (χ3n) is 5.45. The number of aryl methyl sites for hydroxylation is 1. The molecular formula is C23H25ClN4O4. The summed E-state index contributed by atoms with van der Waals surface area (Å²) >= 11 is 6.27. The van der Waals surface area contributed by atoms with Crippen LogP contribution in [0.4, 0.5) is 5.69 Å². The molecular weight excluding hydrogens is 432 g/mol. The summed E-state index contributed by atoms with van der Waals surface area (Å²) in [4.78, 5) is 19.9. The summed E-state index contributed by atoms with van der Waals surface area (Å²) in [6.07, 6.45) is 3.76. The third-order valence-corrected chi connectivity index (χ3v) is 5.72. The highest BCUT2D eigenvalue weighted by Crippen LogP contribution is 2.32. The normalized spacial score (nSPS) is 18.2. The van der Waals surface area contributed by atoms with Gasteiger partial charge >= 0.3 is 5.97 Å². The maximum absolute atomic E-state index is 11.2. The van der Waals surface area contributed by atoms with E-state index in [9.17, 15) is 9.90 Å². The van der Waals surface area contributed by atoms with Gasteiger partial charge in [0, 0.05) is 23.5 Å². The first-order valence-corrected chi connectivity index (χ1v) is 10.9. The molecule has 0 amide bonds. The van der Waals surface area contributed by atoms with E-state index in [2.05, 4.69) is 20.4 Å². The second-order valence-corrected chi connectivity index (χ2v) is 8.73. The Morgan fingerprint density at radius 1 is 1.31 bits per heavy atom. The van der Waals surface area contributed by atoms with Crippen molar-refractivity contribution < 1.29 is 19.2 Å². The number of halogens is 1. The van der Waals surface area contributed by atoms with Gasteiger partial charge in [-0.3, -0.25) is 4.79 Å². The van der Waals surface area contributed by atoms with Gasteiger partial charge in [-0.15, -0.1) is 0 Å². The fourth-order valence-electron chi connectivity index (χ4n) is 3.88. The van der Waals surface area contributed by atoms with E-state index in [1.807, 2.05) is 39.0 Å². The summed E-state index contributed by atoms with van der Waals surface area (Å²) < 4.78 is 11.0. The lowest BCUT2D eigenvalue weighted by atomic mass is 10.1. The van der Waals surface area contributed by atoms with Crippen LogP contribution in [0.1, 0.15) is 38.7 Å². The first kappa shape index (κ1) is 22.1. The second-order valence-electron chi connectivity index (χ2n) is 8.32. The molecule has 1 aliphatic carbocycles. The van der Waals surface area contributed by atoms with Gasteiger partial charge in [0.15, 0.2) is 0 Å². The highest BCUT2D eigenvalue weighted by atomic mass is 35.5. The molecule has 1 unspecified atom stereocenters. The lowest BCUT2D eigenvalue weighted by Crippen LogP contribution is -2.17. The van der Waals surface area contributed by atoms with Crippen molar-refractivity contribution >= 4 is 23.3 Å². The van der Waals surface area contributed by atoms with Crippen molar-refractivity contribution in [1.29, 1.82) is 0 Å². The van der Waals surface area contributed by atoms with Crippen LogP contribution >= 0.6 is 11.6 Å². The molecule has 0 spiro atoms. The van der Waals surface area contributed by atoms with Crippen molar-refractivity contribution in [1.82, 2.24) is 15.1 Å². The molecule has 0 saturated heterocycles. The fraction of sp³-hybridized carbons (Fsp3) is 0.391. The number of nitrogens with zero attached hydrogens (tertiary/aromatic N) is 3. The molecule has 1 aliphatic rings. The van der Waals surface area contributed by atoms with Gasteiger partial charge in [0.25, 0.3) is 5.89 Å². The van der Waals surface area contributed by atoms with E-state index in [0.717, 1.165) is 23.2 Å². The van der Waals surface area contributed by atoms with Gasteiger partial charge in [-0.25, -0.2) is 4.98 Å². The van der Waals surface area contributed by atoms with Crippen LogP contribution in [0.25, 0.3) is 22.8 Å². The minimum Gasteiger partial charge on any atom is -0.481 e. The predicted molar refractivity (Wildman–Crippen MR) is 121 cm³/mol. The topological polar surface area (TPSA) is 110 Å². The highest BCUT2D eigenvalue weighted by molar-refractivity contribution is 6.32. The van der Waals surface area contributed by atoms with Crippen molar-refractivity contribution in [3.8, 4) is 28.7 Å². The number of hydrogen-bond acceptors (Lipinski definition) is 7. The van der Waals surface area contributed by atoms with Gasteiger partial charge in [-0.1, -0.05) is 16.8 Å². The Hall–Kier alpha value is -3.13. The van der Waals surface area contributed by atoms with Crippen LogP contribution in [0.15, 0.2) is 35.0 Å². The molecule has 32 heavy (non-hydrogen) atoms. The molecule has 1 aromatic carbocycles. The number of carboxylic acid groups (broad SMARTS) is 1. The first-order chi connectivity index (χ1) is 15.3. The maximum Gasteiger partial charge on any atom is 0.306 e. The van der Waals surface area contributed by atoms with Crippen LogP contribution in [-0.2, 0) is 4.79 Å². The number of aromatic nitrogens is 3. The molecule has 2 aromatic heterocycles. The van der Waals surface area contributed by atoms with E-state index in [0.29, 0.717) is 41.0 Å². The number of rotatable bonds is 7. The fourth-order valence-corrected chi connectivity index (χ4v) is 4.09. The number of carbonyl (C=O) groups is 1. The average Bonchev–Trinajstić information content (AvgIpc) is 3.39. The third kappa shape index (κ3) is 4.85. The lowest BCUT2D eigenvalue weighted by molar-refractivity contribution is -0.141. The van der Waals surface area contributed by atoms with Crippen molar-refractivity contribution in [3.63, 3.8) is 0 Å². The number of aliphatic carboxylic acids is 1. The summed E-state index contributed by atoms with van der Waals surface area (Å²) in [7, 11) is 0. The monoisotopic (exact) mass is 456 g/mol. The Bertz CT molecular complexity index is 1130. The molecule has 0 bridgehead atoms. The van der Waals surface area contributed by atoms with E-state index < -0.39 is 5.97 Å². The standard InChI is InChI=1S/C23H25ClN4O4/c1-12(2)31-22-19(24)10-15(11-25-22)21-27-20(28-32-21)18-7-6-16(8-13(18)3)26-17-5-4-14(9-17)23(29)30/h6-8,10-12,14,17,26H,4-5,9H2,1-3H3,(H,29,30)/t14-,17?/m1/s1. The first-order valence-electron chi connectivity index (χ1n) is 10.6. The van der Waals surface area contributed by atoms with E-state index in [1.165, 1.54) is 0 Å². The Kier molecular flexibility index (Phi) is 6.32. The molecule has 8 nitrogen and oxygen atoms in total. The van der Waals surface area contributed by atoms with Gasteiger partial charge in [0.2, 0.25) is 11.7 Å². The molecule has 4 rings (SSSR count). The number of benzene rings is 1. The van der Waals surface area contributed by atoms with Crippen molar-refractivity contribution in [3.05, 3.63) is 41.0 Å². The quantitative estimate of drug-likeness (QED) is 0.498. The van der Waals surface area contributed by atoms with Crippen LogP contribution in [0.3, 0.4) is 0 Å². The smallest absolute Gasteiger partial charge is 0.306 e. The van der Waals surface area contributed by atoms with Crippen LogP contribution in [-0.4, -0.2) is 38.3 Å². The van der Waals surface area contributed by atoms with Gasteiger partial charge < -0.3 is 19.7 Å². The number of hydrogen-bond donors (Lipinski definition) is 2. The zero-order valence-electron chi connectivity index (χ0n) is 18.1. The minimum absolute atomic E-state index is 0.0337. The maximum atomic E-state index is 11.2. The average molecular weight is 457 g/mol. The number of ether oxygens (including phenoxy) is 1. The lowest BCUT2D eigenvalue weighted by Gasteiger charge is -2.15. The number of pyridine rings is 1. The number of anilines is 1. The molecule has 0 aliphatic heterocycles. The summed E-state index contributed by atoms with van der Waals surface area (Å²) in [6, 6.07) is 7.74. The molecule has 2 N–H and O–H groups in total. The largest absolute Gasteiger partial charge is 0.481 e. The highest BCUT2D eigenvalue weighted by Gasteiger charge is 2.29. The van der Waals surface area contributed by atoms with Crippen LogP contribution < -0.4 is 10.1 Å². The van der Waals surface area contributed by atoms with E-state index in [-0.39, 0.29) is 18.1 Å². The Morgan fingerprint density at radius 2 is 2.12 bits per heavy atom. The van der Waals surface area contributed by atoms with Gasteiger partial charge in [-0.2, -0.15) is 4.98 Å². The van der Waals surface area contributed by atoms with E-state index >= 15 is 0 Å². The summed E-state index contributed by atoms with van der Waals surface area (Å²) in [5, 5.41) is 17.1. The van der Waals surface area contributed by atoms with E-state index in [4.69, 9.17) is 20.9 Å². The number of nitrogens with one attached hydrogen (secondary N) is 1. The molecule has 2 atom stereocenters. The molecule has 3 aromatic rings.